The molecule has 1 saturated carbocycles. The van der Waals surface area contributed by atoms with Crippen molar-refractivity contribution in [3.05, 3.63) is 30.1 Å². The fourth-order valence-corrected chi connectivity index (χ4v) is 2.60. The van der Waals surface area contributed by atoms with Gasteiger partial charge in [0, 0.05) is 24.3 Å². The summed E-state index contributed by atoms with van der Waals surface area (Å²) < 4.78 is 0. The first kappa shape index (κ1) is 11.6. The van der Waals surface area contributed by atoms with E-state index in [0.29, 0.717) is 11.0 Å². The molecule has 1 heterocycles. The Morgan fingerprint density at radius 2 is 2.38 bits per heavy atom. The minimum atomic E-state index is -0.0195. The highest BCUT2D eigenvalue weighted by Gasteiger charge is 2.41. The summed E-state index contributed by atoms with van der Waals surface area (Å²) in [6.45, 7) is 0.784. The standard InChI is InChI=1S/C12H15BrN2O/c13-6-5-12(3-4-12)9-15-11(16)10-2-1-7-14-8-10/h1-2,7-8H,3-6,9H2,(H,15,16). The van der Waals surface area contributed by atoms with Gasteiger partial charge in [0.15, 0.2) is 0 Å². The van der Waals surface area contributed by atoms with Crippen LogP contribution in [0.15, 0.2) is 24.5 Å². The van der Waals surface area contributed by atoms with Crippen LogP contribution in [-0.4, -0.2) is 22.8 Å². The molecule has 1 fully saturated rings. The summed E-state index contributed by atoms with van der Waals surface area (Å²) in [5, 5.41) is 4.00. The lowest BCUT2D eigenvalue weighted by molar-refractivity contribution is 0.0944. The minimum absolute atomic E-state index is 0.0195. The molecule has 1 amide bonds. The number of hydrogen-bond acceptors (Lipinski definition) is 2. The molecule has 86 valence electrons. The molecular weight excluding hydrogens is 268 g/mol. The van der Waals surface area contributed by atoms with Crippen LogP contribution in [0, 0.1) is 5.41 Å². The van der Waals surface area contributed by atoms with Gasteiger partial charge >= 0.3 is 0 Å². The average Bonchev–Trinajstić information content (AvgIpc) is 3.08. The summed E-state index contributed by atoms with van der Waals surface area (Å²) >= 11 is 3.45. The van der Waals surface area contributed by atoms with Crippen molar-refractivity contribution in [1.29, 1.82) is 0 Å². The predicted molar refractivity (Wildman–Crippen MR) is 66.6 cm³/mol. The van der Waals surface area contributed by atoms with Crippen LogP contribution >= 0.6 is 15.9 Å². The van der Waals surface area contributed by atoms with E-state index in [-0.39, 0.29) is 5.91 Å². The van der Waals surface area contributed by atoms with Gasteiger partial charge in [-0.2, -0.15) is 0 Å². The van der Waals surface area contributed by atoms with Gasteiger partial charge in [-0.25, -0.2) is 0 Å². The number of carbonyl (C=O) groups is 1. The summed E-state index contributed by atoms with van der Waals surface area (Å²) in [6, 6.07) is 3.56. The third-order valence-corrected chi connectivity index (χ3v) is 3.53. The Morgan fingerprint density at radius 3 is 2.94 bits per heavy atom. The van der Waals surface area contributed by atoms with E-state index in [1.807, 2.05) is 0 Å². The van der Waals surface area contributed by atoms with E-state index in [9.17, 15) is 4.79 Å². The normalized spacial score (nSPS) is 16.8. The summed E-state index contributed by atoms with van der Waals surface area (Å²) in [7, 11) is 0. The number of nitrogens with one attached hydrogen (secondary N) is 1. The molecule has 0 unspecified atom stereocenters. The summed E-state index contributed by atoms with van der Waals surface area (Å²) in [5.41, 5.74) is 0.999. The first-order valence-corrected chi connectivity index (χ1v) is 6.62. The van der Waals surface area contributed by atoms with Gasteiger partial charge in [0.2, 0.25) is 0 Å². The van der Waals surface area contributed by atoms with Crippen molar-refractivity contribution in [1.82, 2.24) is 10.3 Å². The van der Waals surface area contributed by atoms with Gasteiger partial charge in [0.25, 0.3) is 5.91 Å². The zero-order valence-electron chi connectivity index (χ0n) is 9.08. The predicted octanol–water partition coefficient (Wildman–Crippen LogP) is 2.38. The second kappa shape index (κ2) is 4.95. The molecule has 3 nitrogen and oxygen atoms in total. The van der Waals surface area contributed by atoms with Gasteiger partial charge in [0.1, 0.15) is 0 Å². The third-order valence-electron chi connectivity index (χ3n) is 3.13. The summed E-state index contributed by atoms with van der Waals surface area (Å²) in [4.78, 5) is 15.7. The number of halogens is 1. The second-order valence-corrected chi connectivity index (χ2v) is 5.16. The van der Waals surface area contributed by atoms with Gasteiger partial charge < -0.3 is 5.32 Å². The third kappa shape index (κ3) is 2.82. The van der Waals surface area contributed by atoms with Crippen LogP contribution in [0.4, 0.5) is 0 Å². The lowest BCUT2D eigenvalue weighted by Crippen LogP contribution is -2.30. The maximum absolute atomic E-state index is 11.8. The number of rotatable bonds is 5. The number of amides is 1. The van der Waals surface area contributed by atoms with Crippen molar-refractivity contribution < 1.29 is 4.79 Å². The zero-order valence-corrected chi connectivity index (χ0v) is 10.7. The average molecular weight is 283 g/mol. The van der Waals surface area contributed by atoms with Gasteiger partial charge in [-0.15, -0.1) is 0 Å². The largest absolute Gasteiger partial charge is 0.351 e. The van der Waals surface area contributed by atoms with Crippen molar-refractivity contribution in [2.24, 2.45) is 5.41 Å². The molecule has 0 saturated heterocycles. The number of aromatic nitrogens is 1. The number of nitrogens with zero attached hydrogens (tertiary/aromatic N) is 1. The molecule has 2 rings (SSSR count). The molecule has 1 aromatic rings. The molecule has 0 radical (unpaired) electrons. The van der Waals surface area contributed by atoms with Crippen molar-refractivity contribution in [3.8, 4) is 0 Å². The van der Waals surface area contributed by atoms with Crippen molar-refractivity contribution in [2.45, 2.75) is 19.3 Å². The van der Waals surface area contributed by atoms with Crippen LogP contribution in [0.25, 0.3) is 0 Å². The fraction of sp³-hybridized carbons (Fsp3) is 0.500. The van der Waals surface area contributed by atoms with Gasteiger partial charge in [-0.3, -0.25) is 9.78 Å². The van der Waals surface area contributed by atoms with Crippen LogP contribution in [0.5, 0.6) is 0 Å². The molecular formula is C12H15BrN2O. The Balaban J connectivity index is 1.85. The van der Waals surface area contributed by atoms with Crippen molar-refractivity contribution >= 4 is 21.8 Å². The molecule has 1 aliphatic rings. The van der Waals surface area contributed by atoms with Crippen LogP contribution in [0.1, 0.15) is 29.6 Å². The molecule has 0 aliphatic heterocycles. The molecule has 0 aromatic carbocycles. The smallest absolute Gasteiger partial charge is 0.252 e. The van der Waals surface area contributed by atoms with E-state index in [1.165, 1.54) is 12.8 Å². The Kier molecular flexibility index (Phi) is 3.59. The van der Waals surface area contributed by atoms with Crippen LogP contribution in [0.2, 0.25) is 0 Å². The summed E-state index contributed by atoms with van der Waals surface area (Å²) in [5.74, 6) is -0.0195. The van der Waals surface area contributed by atoms with E-state index in [0.717, 1.165) is 18.3 Å². The van der Waals surface area contributed by atoms with Crippen molar-refractivity contribution in [3.63, 3.8) is 0 Å². The molecule has 1 aromatic heterocycles. The number of hydrogen-bond donors (Lipinski definition) is 1. The minimum Gasteiger partial charge on any atom is -0.351 e. The lowest BCUT2D eigenvalue weighted by atomic mass is 10.0. The highest BCUT2D eigenvalue weighted by atomic mass is 79.9. The van der Waals surface area contributed by atoms with Gasteiger partial charge in [-0.05, 0) is 36.8 Å². The number of pyridine rings is 1. The molecule has 4 heteroatoms. The van der Waals surface area contributed by atoms with E-state index in [4.69, 9.17) is 0 Å². The van der Waals surface area contributed by atoms with Crippen LogP contribution in [0.3, 0.4) is 0 Å². The Morgan fingerprint density at radius 1 is 1.56 bits per heavy atom. The van der Waals surface area contributed by atoms with E-state index in [1.54, 1.807) is 24.5 Å². The molecule has 1 N–H and O–H groups in total. The molecule has 0 bridgehead atoms. The second-order valence-electron chi connectivity index (χ2n) is 4.36. The highest BCUT2D eigenvalue weighted by molar-refractivity contribution is 9.09. The molecule has 0 atom stereocenters. The highest BCUT2D eigenvalue weighted by Crippen LogP contribution is 2.48. The Bertz CT molecular complexity index is 363. The molecule has 1 aliphatic carbocycles. The fourth-order valence-electron chi connectivity index (χ4n) is 1.76. The van der Waals surface area contributed by atoms with Crippen molar-refractivity contribution in [2.75, 3.05) is 11.9 Å². The number of carbonyl (C=O) groups excluding carboxylic acids is 1. The van der Waals surface area contributed by atoms with E-state index in [2.05, 4.69) is 26.2 Å². The zero-order chi connectivity index (χ0) is 11.4. The topological polar surface area (TPSA) is 42.0 Å². The van der Waals surface area contributed by atoms with Crippen LogP contribution < -0.4 is 5.32 Å². The first-order chi connectivity index (χ1) is 7.76. The SMILES string of the molecule is O=C(NCC1(CCBr)CC1)c1cccnc1. The Hall–Kier alpha value is -0.900. The van der Waals surface area contributed by atoms with E-state index < -0.39 is 0 Å². The summed E-state index contributed by atoms with van der Waals surface area (Å²) in [6.07, 6.45) is 6.86. The van der Waals surface area contributed by atoms with E-state index >= 15 is 0 Å². The quantitative estimate of drug-likeness (QED) is 0.843. The van der Waals surface area contributed by atoms with Gasteiger partial charge in [-0.1, -0.05) is 15.9 Å². The maximum Gasteiger partial charge on any atom is 0.252 e. The first-order valence-electron chi connectivity index (χ1n) is 5.50. The molecule has 0 spiro atoms. The monoisotopic (exact) mass is 282 g/mol. The molecule has 16 heavy (non-hydrogen) atoms. The maximum atomic E-state index is 11.8. The van der Waals surface area contributed by atoms with Gasteiger partial charge in [0.05, 0.1) is 5.56 Å². The van der Waals surface area contributed by atoms with Crippen LogP contribution in [-0.2, 0) is 0 Å². The lowest BCUT2D eigenvalue weighted by Gasteiger charge is -2.14. The number of alkyl halides is 1. The Labute approximate surface area is 104 Å².